The smallest absolute Gasteiger partial charge is 0.259 e. The summed E-state index contributed by atoms with van der Waals surface area (Å²) >= 11 is 5.94. The number of hydrogen-bond donors (Lipinski definition) is 1. The molecule has 2 heterocycles. The van der Waals surface area contributed by atoms with Crippen molar-refractivity contribution in [1.82, 2.24) is 20.4 Å². The van der Waals surface area contributed by atoms with E-state index in [2.05, 4.69) is 20.4 Å². The van der Waals surface area contributed by atoms with Gasteiger partial charge in [-0.2, -0.15) is 4.98 Å². The Balaban J connectivity index is 1.84. The second-order valence-electron chi connectivity index (χ2n) is 5.02. The van der Waals surface area contributed by atoms with Crippen molar-refractivity contribution in [1.29, 1.82) is 0 Å². The van der Waals surface area contributed by atoms with Gasteiger partial charge in [-0.25, -0.2) is 4.39 Å². The molecule has 5 nitrogen and oxygen atoms in total. The number of benzene rings is 1. The van der Waals surface area contributed by atoms with Crippen molar-refractivity contribution < 1.29 is 8.91 Å². The van der Waals surface area contributed by atoms with Gasteiger partial charge in [-0.3, -0.25) is 4.90 Å². The van der Waals surface area contributed by atoms with Crippen molar-refractivity contribution >= 4 is 11.6 Å². The van der Waals surface area contributed by atoms with Gasteiger partial charge in [0.1, 0.15) is 5.82 Å². The molecule has 1 unspecified atom stereocenters. The van der Waals surface area contributed by atoms with Crippen LogP contribution in [0.5, 0.6) is 0 Å². The Bertz CT molecular complexity index is 627. The molecule has 3 rings (SSSR count). The summed E-state index contributed by atoms with van der Waals surface area (Å²) in [7, 11) is 0. The minimum absolute atomic E-state index is 0.00234. The van der Waals surface area contributed by atoms with Gasteiger partial charge in [-0.1, -0.05) is 22.8 Å². The van der Waals surface area contributed by atoms with Crippen LogP contribution in [0, 0.1) is 5.82 Å². The molecule has 2 aromatic rings. The summed E-state index contributed by atoms with van der Waals surface area (Å²) in [6.07, 6.45) is 0. The lowest BCUT2D eigenvalue weighted by molar-refractivity contribution is 0.176. The fourth-order valence-corrected chi connectivity index (χ4v) is 2.62. The Hall–Kier alpha value is -1.50. The molecular weight excluding hydrogens is 295 g/mol. The number of rotatable bonds is 3. The molecule has 0 bridgehead atoms. The van der Waals surface area contributed by atoms with Crippen LogP contribution in [0.1, 0.15) is 18.8 Å². The molecule has 1 aromatic heterocycles. The quantitative estimate of drug-likeness (QED) is 0.944. The summed E-state index contributed by atoms with van der Waals surface area (Å²) in [5.41, 5.74) is 0.419. The molecule has 0 aliphatic carbocycles. The van der Waals surface area contributed by atoms with E-state index >= 15 is 0 Å². The molecule has 1 atom stereocenters. The van der Waals surface area contributed by atoms with Gasteiger partial charge in [0, 0.05) is 26.2 Å². The van der Waals surface area contributed by atoms with Crippen LogP contribution in [0.15, 0.2) is 22.7 Å². The van der Waals surface area contributed by atoms with Crippen LogP contribution >= 0.6 is 11.6 Å². The van der Waals surface area contributed by atoms with Gasteiger partial charge < -0.3 is 9.84 Å². The van der Waals surface area contributed by atoms with E-state index in [0.717, 1.165) is 26.2 Å². The van der Waals surface area contributed by atoms with Gasteiger partial charge in [0.05, 0.1) is 16.6 Å². The van der Waals surface area contributed by atoms with Gasteiger partial charge in [0.2, 0.25) is 0 Å². The van der Waals surface area contributed by atoms with E-state index in [4.69, 9.17) is 16.1 Å². The van der Waals surface area contributed by atoms with E-state index in [-0.39, 0.29) is 17.0 Å². The lowest BCUT2D eigenvalue weighted by Gasteiger charge is -2.30. The summed E-state index contributed by atoms with van der Waals surface area (Å²) in [6.45, 7) is 5.81. The highest BCUT2D eigenvalue weighted by atomic mass is 35.5. The summed E-state index contributed by atoms with van der Waals surface area (Å²) in [5.74, 6) is 0.341. The van der Waals surface area contributed by atoms with Crippen molar-refractivity contribution in [3.8, 4) is 11.5 Å². The van der Waals surface area contributed by atoms with Crippen molar-refractivity contribution in [2.45, 2.75) is 13.0 Å². The highest BCUT2D eigenvalue weighted by Crippen LogP contribution is 2.30. The summed E-state index contributed by atoms with van der Waals surface area (Å²) in [4.78, 5) is 6.64. The van der Waals surface area contributed by atoms with E-state index in [1.165, 1.54) is 6.07 Å². The fourth-order valence-electron chi connectivity index (χ4n) is 2.42. The number of nitrogens with one attached hydrogen (secondary N) is 1. The van der Waals surface area contributed by atoms with E-state index in [1.807, 2.05) is 6.92 Å². The molecule has 0 amide bonds. The second-order valence-corrected chi connectivity index (χ2v) is 5.40. The van der Waals surface area contributed by atoms with E-state index in [9.17, 15) is 4.39 Å². The topological polar surface area (TPSA) is 54.2 Å². The SMILES string of the molecule is CC(c1noc(-c2cccc(F)c2Cl)n1)N1CCNCC1. The van der Waals surface area contributed by atoms with Crippen LogP contribution in [-0.2, 0) is 0 Å². The first-order valence-electron chi connectivity index (χ1n) is 6.89. The maximum absolute atomic E-state index is 13.5. The molecule has 7 heteroatoms. The predicted octanol–water partition coefficient (Wildman–Crippen LogP) is 2.50. The summed E-state index contributed by atoms with van der Waals surface area (Å²) in [5, 5.41) is 7.31. The Morgan fingerprint density at radius 2 is 2.14 bits per heavy atom. The highest BCUT2D eigenvalue weighted by Gasteiger charge is 2.23. The molecular formula is C14H16ClFN4O. The highest BCUT2D eigenvalue weighted by molar-refractivity contribution is 6.33. The maximum atomic E-state index is 13.5. The lowest BCUT2D eigenvalue weighted by Crippen LogP contribution is -2.44. The zero-order chi connectivity index (χ0) is 14.8. The minimum Gasteiger partial charge on any atom is -0.334 e. The Labute approximate surface area is 127 Å². The monoisotopic (exact) mass is 310 g/mol. The van der Waals surface area contributed by atoms with Crippen molar-refractivity contribution in [2.24, 2.45) is 0 Å². The standard InChI is InChI=1S/C14H16ClFN4O/c1-9(20-7-5-17-6-8-20)13-18-14(21-19-13)10-3-2-4-11(16)12(10)15/h2-4,9,17H,5-8H2,1H3. The Morgan fingerprint density at radius 3 is 2.90 bits per heavy atom. The Kier molecular flexibility index (Phi) is 4.19. The van der Waals surface area contributed by atoms with Crippen molar-refractivity contribution in [3.63, 3.8) is 0 Å². The fraction of sp³-hybridized carbons (Fsp3) is 0.429. The first-order chi connectivity index (χ1) is 10.2. The molecule has 1 aliphatic heterocycles. The molecule has 0 radical (unpaired) electrons. The average molecular weight is 311 g/mol. The van der Waals surface area contributed by atoms with Crippen LogP contribution in [0.2, 0.25) is 5.02 Å². The molecule has 1 fully saturated rings. The molecule has 1 saturated heterocycles. The number of hydrogen-bond acceptors (Lipinski definition) is 5. The molecule has 1 aliphatic rings. The van der Waals surface area contributed by atoms with E-state index in [0.29, 0.717) is 11.4 Å². The van der Waals surface area contributed by atoms with Crippen LogP contribution < -0.4 is 5.32 Å². The van der Waals surface area contributed by atoms with Gasteiger partial charge in [-0.05, 0) is 19.1 Å². The largest absolute Gasteiger partial charge is 0.334 e. The van der Waals surface area contributed by atoms with Crippen LogP contribution in [0.3, 0.4) is 0 Å². The van der Waals surface area contributed by atoms with Crippen LogP contribution in [-0.4, -0.2) is 41.2 Å². The van der Waals surface area contributed by atoms with Gasteiger partial charge in [0.15, 0.2) is 5.82 Å². The first-order valence-corrected chi connectivity index (χ1v) is 7.27. The zero-order valence-corrected chi connectivity index (χ0v) is 12.4. The molecule has 0 saturated carbocycles. The number of aromatic nitrogens is 2. The maximum Gasteiger partial charge on any atom is 0.259 e. The zero-order valence-electron chi connectivity index (χ0n) is 11.6. The Morgan fingerprint density at radius 1 is 1.38 bits per heavy atom. The first kappa shape index (κ1) is 14.4. The summed E-state index contributed by atoms with van der Waals surface area (Å²) < 4.78 is 18.7. The molecule has 0 spiro atoms. The molecule has 1 aromatic carbocycles. The minimum atomic E-state index is -0.496. The van der Waals surface area contributed by atoms with Crippen LogP contribution in [0.25, 0.3) is 11.5 Å². The van der Waals surface area contributed by atoms with Crippen molar-refractivity contribution in [3.05, 3.63) is 34.9 Å². The van der Waals surface area contributed by atoms with Gasteiger partial charge in [0.25, 0.3) is 5.89 Å². The van der Waals surface area contributed by atoms with Gasteiger partial charge in [-0.15, -0.1) is 0 Å². The third-order valence-electron chi connectivity index (χ3n) is 3.70. The lowest BCUT2D eigenvalue weighted by atomic mass is 10.2. The predicted molar refractivity (Wildman–Crippen MR) is 77.6 cm³/mol. The molecule has 112 valence electrons. The normalized spacial score (nSPS) is 17.9. The van der Waals surface area contributed by atoms with Crippen LogP contribution in [0.4, 0.5) is 4.39 Å². The number of nitrogens with zero attached hydrogens (tertiary/aromatic N) is 3. The van der Waals surface area contributed by atoms with Crippen molar-refractivity contribution in [2.75, 3.05) is 26.2 Å². The third kappa shape index (κ3) is 2.92. The van der Waals surface area contributed by atoms with E-state index in [1.54, 1.807) is 12.1 Å². The van der Waals surface area contributed by atoms with Gasteiger partial charge >= 0.3 is 0 Å². The molecule has 21 heavy (non-hydrogen) atoms. The number of halogens is 2. The molecule has 1 N–H and O–H groups in total. The third-order valence-corrected chi connectivity index (χ3v) is 4.08. The average Bonchev–Trinajstić information content (AvgIpc) is 3.00. The summed E-state index contributed by atoms with van der Waals surface area (Å²) in [6, 6.07) is 4.59. The second kappa shape index (κ2) is 6.09. The van der Waals surface area contributed by atoms with E-state index < -0.39 is 5.82 Å². The number of piperazine rings is 1.